The highest BCUT2D eigenvalue weighted by Crippen LogP contribution is 2.31. The van der Waals surface area contributed by atoms with Gasteiger partial charge in [0.05, 0.1) is 6.42 Å². The molecule has 3 aromatic rings. The molecule has 0 aromatic heterocycles. The van der Waals surface area contributed by atoms with Gasteiger partial charge >= 0.3 is 5.97 Å². The largest absolute Gasteiger partial charge is 0.461 e. The fourth-order valence-corrected chi connectivity index (χ4v) is 3.56. The smallest absolute Gasteiger partial charge is 0.310 e. The second-order valence-electron chi connectivity index (χ2n) is 6.03. The lowest BCUT2D eigenvalue weighted by Crippen LogP contribution is -2.08. The fourth-order valence-electron chi connectivity index (χ4n) is 2.61. The second-order valence-corrected chi connectivity index (χ2v) is 7.15. The van der Waals surface area contributed by atoms with Gasteiger partial charge in [-0.05, 0) is 41.3 Å². The molecule has 0 saturated carbocycles. The van der Waals surface area contributed by atoms with Crippen molar-refractivity contribution in [2.75, 3.05) is 0 Å². The molecule has 0 heterocycles. The molecule has 3 aromatic carbocycles. The molecule has 3 heteroatoms. The molecular formula is C23H22O2S. The molecular weight excluding hydrogens is 340 g/mol. The molecule has 0 aliphatic carbocycles. The third kappa shape index (κ3) is 5.24. The van der Waals surface area contributed by atoms with E-state index < -0.39 is 0 Å². The van der Waals surface area contributed by atoms with Crippen molar-refractivity contribution in [1.82, 2.24) is 0 Å². The number of benzene rings is 3. The summed E-state index contributed by atoms with van der Waals surface area (Å²) < 4.78 is 5.42. The van der Waals surface area contributed by atoms with Crippen LogP contribution in [-0.2, 0) is 29.0 Å². The summed E-state index contributed by atoms with van der Waals surface area (Å²) in [5.41, 5.74) is 3.32. The van der Waals surface area contributed by atoms with Crippen molar-refractivity contribution < 1.29 is 9.53 Å². The molecule has 0 N–H and O–H groups in total. The van der Waals surface area contributed by atoms with Crippen LogP contribution in [0.25, 0.3) is 0 Å². The number of ether oxygens (including phenoxy) is 1. The first-order chi connectivity index (χ1) is 12.7. The third-order valence-electron chi connectivity index (χ3n) is 4.11. The first kappa shape index (κ1) is 18.3. The van der Waals surface area contributed by atoms with Crippen LogP contribution in [0.15, 0.2) is 88.7 Å². The summed E-state index contributed by atoms with van der Waals surface area (Å²) in [6, 6.07) is 26.3. The van der Waals surface area contributed by atoms with Crippen LogP contribution in [-0.4, -0.2) is 5.97 Å². The van der Waals surface area contributed by atoms with Crippen LogP contribution < -0.4 is 0 Å². The number of carbonyl (C=O) groups is 1. The minimum absolute atomic E-state index is 0.205. The zero-order valence-corrected chi connectivity index (χ0v) is 15.7. The Bertz CT molecular complexity index is 842. The highest BCUT2D eigenvalue weighted by atomic mass is 32.2. The van der Waals surface area contributed by atoms with E-state index in [0.29, 0.717) is 6.61 Å². The van der Waals surface area contributed by atoms with Crippen LogP contribution in [0.2, 0.25) is 0 Å². The van der Waals surface area contributed by atoms with Gasteiger partial charge in [-0.3, -0.25) is 4.79 Å². The van der Waals surface area contributed by atoms with E-state index in [1.807, 2.05) is 48.5 Å². The molecule has 26 heavy (non-hydrogen) atoms. The van der Waals surface area contributed by atoms with Gasteiger partial charge in [-0.2, -0.15) is 0 Å². The van der Waals surface area contributed by atoms with Gasteiger partial charge in [0, 0.05) is 9.79 Å². The molecule has 0 radical (unpaired) electrons. The Balaban J connectivity index is 1.63. The van der Waals surface area contributed by atoms with E-state index >= 15 is 0 Å². The van der Waals surface area contributed by atoms with Crippen molar-refractivity contribution in [2.24, 2.45) is 0 Å². The summed E-state index contributed by atoms with van der Waals surface area (Å²) >= 11 is 1.68. The van der Waals surface area contributed by atoms with Crippen LogP contribution in [0.5, 0.6) is 0 Å². The SMILES string of the molecule is CCc1ccc(Sc2ccccc2CC(=O)OCc2ccccc2)cc1. The molecule has 0 unspecified atom stereocenters. The number of aryl methyl sites for hydroxylation is 1. The van der Waals surface area contributed by atoms with Gasteiger partial charge in [0.25, 0.3) is 0 Å². The van der Waals surface area contributed by atoms with Gasteiger partial charge in [0.1, 0.15) is 6.61 Å². The molecule has 132 valence electrons. The Morgan fingerprint density at radius 2 is 1.54 bits per heavy atom. The highest BCUT2D eigenvalue weighted by molar-refractivity contribution is 7.99. The van der Waals surface area contributed by atoms with Crippen molar-refractivity contribution >= 4 is 17.7 Å². The molecule has 0 aliphatic rings. The second kappa shape index (κ2) is 9.25. The van der Waals surface area contributed by atoms with Crippen molar-refractivity contribution in [1.29, 1.82) is 0 Å². The Kier molecular flexibility index (Phi) is 6.50. The lowest BCUT2D eigenvalue weighted by atomic mass is 10.1. The minimum Gasteiger partial charge on any atom is -0.461 e. The maximum Gasteiger partial charge on any atom is 0.310 e. The summed E-state index contributed by atoms with van der Waals surface area (Å²) in [5.74, 6) is -0.205. The van der Waals surface area contributed by atoms with E-state index in [4.69, 9.17) is 4.74 Å². The van der Waals surface area contributed by atoms with Crippen LogP contribution in [0, 0.1) is 0 Å². The maximum absolute atomic E-state index is 12.2. The number of esters is 1. The van der Waals surface area contributed by atoms with Gasteiger partial charge in [-0.1, -0.05) is 79.3 Å². The zero-order chi connectivity index (χ0) is 18.2. The maximum atomic E-state index is 12.2. The summed E-state index contributed by atoms with van der Waals surface area (Å²) in [6.45, 7) is 2.46. The quantitative estimate of drug-likeness (QED) is 0.505. The third-order valence-corrected chi connectivity index (χ3v) is 5.24. The number of hydrogen-bond acceptors (Lipinski definition) is 3. The monoisotopic (exact) mass is 362 g/mol. The van der Waals surface area contributed by atoms with Gasteiger partial charge in [-0.25, -0.2) is 0 Å². The Morgan fingerprint density at radius 3 is 2.27 bits per heavy atom. The van der Waals surface area contributed by atoms with Gasteiger partial charge < -0.3 is 4.74 Å². The van der Waals surface area contributed by atoms with Crippen molar-refractivity contribution in [3.63, 3.8) is 0 Å². The average Bonchev–Trinajstić information content (AvgIpc) is 2.69. The van der Waals surface area contributed by atoms with Crippen LogP contribution in [0.3, 0.4) is 0 Å². The van der Waals surface area contributed by atoms with Crippen molar-refractivity contribution in [2.45, 2.75) is 36.2 Å². The Morgan fingerprint density at radius 1 is 0.846 bits per heavy atom. The van der Waals surface area contributed by atoms with E-state index in [1.54, 1.807) is 11.8 Å². The molecule has 0 amide bonds. The summed E-state index contributed by atoms with van der Waals surface area (Å²) in [4.78, 5) is 14.5. The van der Waals surface area contributed by atoms with Crippen molar-refractivity contribution in [3.8, 4) is 0 Å². The summed E-state index contributed by atoms with van der Waals surface area (Å²) in [6.07, 6.45) is 1.32. The minimum atomic E-state index is -0.205. The predicted octanol–water partition coefficient (Wildman–Crippen LogP) is 5.69. The van der Waals surface area contributed by atoms with Gasteiger partial charge in [0.15, 0.2) is 0 Å². The number of hydrogen-bond donors (Lipinski definition) is 0. The van der Waals surface area contributed by atoms with E-state index in [0.717, 1.165) is 22.4 Å². The number of rotatable bonds is 7. The predicted molar refractivity (Wildman–Crippen MR) is 106 cm³/mol. The van der Waals surface area contributed by atoms with Crippen LogP contribution >= 0.6 is 11.8 Å². The van der Waals surface area contributed by atoms with Crippen molar-refractivity contribution in [3.05, 3.63) is 95.6 Å². The summed E-state index contributed by atoms with van der Waals surface area (Å²) in [7, 11) is 0. The fraction of sp³-hybridized carbons (Fsp3) is 0.174. The zero-order valence-electron chi connectivity index (χ0n) is 14.9. The Hall–Kier alpha value is -2.52. The molecule has 3 rings (SSSR count). The number of carbonyl (C=O) groups excluding carboxylic acids is 1. The Labute approximate surface area is 159 Å². The topological polar surface area (TPSA) is 26.3 Å². The molecule has 0 bridgehead atoms. The van der Waals surface area contributed by atoms with E-state index in [2.05, 4.69) is 37.3 Å². The van der Waals surface area contributed by atoms with E-state index in [1.165, 1.54) is 10.5 Å². The van der Waals surface area contributed by atoms with Gasteiger partial charge in [0.2, 0.25) is 0 Å². The molecule has 2 nitrogen and oxygen atoms in total. The molecule has 0 spiro atoms. The molecule has 0 saturated heterocycles. The first-order valence-electron chi connectivity index (χ1n) is 8.79. The van der Waals surface area contributed by atoms with E-state index in [-0.39, 0.29) is 12.4 Å². The average molecular weight is 362 g/mol. The van der Waals surface area contributed by atoms with E-state index in [9.17, 15) is 4.79 Å². The lowest BCUT2D eigenvalue weighted by Gasteiger charge is -2.10. The molecule has 0 atom stereocenters. The standard InChI is InChI=1S/C23H22O2S/c1-2-18-12-14-21(15-13-18)26-22-11-7-6-10-20(22)16-23(24)25-17-19-8-4-3-5-9-19/h3-15H,2,16-17H2,1H3. The van der Waals surface area contributed by atoms with Crippen LogP contribution in [0.1, 0.15) is 23.6 Å². The first-order valence-corrected chi connectivity index (χ1v) is 9.60. The van der Waals surface area contributed by atoms with Gasteiger partial charge in [-0.15, -0.1) is 0 Å². The normalized spacial score (nSPS) is 10.5. The van der Waals surface area contributed by atoms with Crippen LogP contribution in [0.4, 0.5) is 0 Å². The highest BCUT2D eigenvalue weighted by Gasteiger charge is 2.10. The summed E-state index contributed by atoms with van der Waals surface area (Å²) in [5, 5.41) is 0. The molecule has 0 fully saturated rings. The molecule has 0 aliphatic heterocycles. The lowest BCUT2D eigenvalue weighted by molar-refractivity contribution is -0.144.